The average molecular weight is 256 g/mol. The number of thiocyanates is 1. The Kier molecular flexibility index (Phi) is 5.17. The molecule has 0 aliphatic carbocycles. The van der Waals surface area contributed by atoms with E-state index in [1.165, 1.54) is 6.92 Å². The number of hydrogen-bond donors (Lipinski definition) is 0. The Balaban J connectivity index is 2.79. The topological polar surface area (TPSA) is 50.1 Å². The van der Waals surface area contributed by atoms with Gasteiger partial charge < -0.3 is 4.74 Å². The Morgan fingerprint density at radius 3 is 2.69 bits per heavy atom. The molecule has 1 aromatic carbocycles. The van der Waals surface area contributed by atoms with Gasteiger partial charge in [-0.1, -0.05) is 23.7 Å². The van der Waals surface area contributed by atoms with Gasteiger partial charge >= 0.3 is 5.97 Å². The van der Waals surface area contributed by atoms with E-state index in [0.29, 0.717) is 10.8 Å². The van der Waals surface area contributed by atoms with Crippen LogP contribution in [0, 0.1) is 10.7 Å². The molecule has 0 saturated heterocycles. The fourth-order valence-corrected chi connectivity index (χ4v) is 1.80. The van der Waals surface area contributed by atoms with E-state index >= 15 is 0 Å². The van der Waals surface area contributed by atoms with Gasteiger partial charge in [0, 0.05) is 17.7 Å². The standard InChI is InChI=1S/C11H10ClNO2S/c1-8(14)15-11(6-16-7-13)9-2-4-10(12)5-3-9/h2-5,11H,6H2,1H3. The Bertz CT molecular complexity index is 399. The molecule has 0 spiro atoms. The number of nitrogens with zero attached hydrogens (tertiary/aromatic N) is 1. The van der Waals surface area contributed by atoms with Crippen molar-refractivity contribution in [2.24, 2.45) is 0 Å². The zero-order valence-electron chi connectivity index (χ0n) is 8.64. The van der Waals surface area contributed by atoms with Gasteiger partial charge in [-0.05, 0) is 29.5 Å². The molecular weight excluding hydrogens is 246 g/mol. The maximum absolute atomic E-state index is 10.9. The van der Waals surface area contributed by atoms with Crippen molar-refractivity contribution >= 4 is 29.3 Å². The van der Waals surface area contributed by atoms with Crippen molar-refractivity contribution in [3.05, 3.63) is 34.9 Å². The predicted octanol–water partition coefficient (Wildman–Crippen LogP) is 3.16. The molecule has 0 saturated carbocycles. The zero-order chi connectivity index (χ0) is 12.0. The van der Waals surface area contributed by atoms with Crippen LogP contribution in [0.4, 0.5) is 0 Å². The predicted molar refractivity (Wildman–Crippen MR) is 64.0 cm³/mol. The molecule has 5 heteroatoms. The third-order valence-corrected chi connectivity index (χ3v) is 2.70. The summed E-state index contributed by atoms with van der Waals surface area (Å²) in [6.07, 6.45) is -0.403. The van der Waals surface area contributed by atoms with Crippen molar-refractivity contribution in [2.75, 3.05) is 5.75 Å². The van der Waals surface area contributed by atoms with Gasteiger partial charge in [-0.3, -0.25) is 4.79 Å². The number of halogens is 1. The maximum atomic E-state index is 10.9. The summed E-state index contributed by atoms with van der Waals surface area (Å²) in [5.41, 5.74) is 0.836. The van der Waals surface area contributed by atoms with Gasteiger partial charge in [0.25, 0.3) is 0 Å². The molecule has 0 bridgehead atoms. The van der Waals surface area contributed by atoms with Crippen LogP contribution in [0.2, 0.25) is 5.02 Å². The molecule has 1 atom stereocenters. The van der Waals surface area contributed by atoms with Crippen LogP contribution in [0.5, 0.6) is 0 Å². The summed E-state index contributed by atoms with van der Waals surface area (Å²) in [5.74, 6) is 0.0519. The van der Waals surface area contributed by atoms with Crippen molar-refractivity contribution in [1.29, 1.82) is 5.26 Å². The van der Waals surface area contributed by atoms with Crippen molar-refractivity contribution < 1.29 is 9.53 Å². The lowest BCUT2D eigenvalue weighted by Crippen LogP contribution is -2.10. The second-order valence-corrected chi connectivity index (χ2v) is 4.29. The maximum Gasteiger partial charge on any atom is 0.303 e. The van der Waals surface area contributed by atoms with E-state index in [0.717, 1.165) is 17.3 Å². The van der Waals surface area contributed by atoms with Crippen LogP contribution in [-0.2, 0) is 9.53 Å². The van der Waals surface area contributed by atoms with Crippen molar-refractivity contribution in [3.8, 4) is 5.40 Å². The molecule has 1 rings (SSSR count). The van der Waals surface area contributed by atoms with E-state index < -0.39 is 6.10 Å². The van der Waals surface area contributed by atoms with Gasteiger partial charge in [-0.2, -0.15) is 5.26 Å². The third-order valence-electron chi connectivity index (χ3n) is 1.85. The Labute approximate surface area is 103 Å². The van der Waals surface area contributed by atoms with Gasteiger partial charge in [0.1, 0.15) is 11.5 Å². The molecule has 0 heterocycles. The number of thioether (sulfide) groups is 1. The number of hydrogen-bond acceptors (Lipinski definition) is 4. The number of nitriles is 1. The van der Waals surface area contributed by atoms with Crippen LogP contribution < -0.4 is 0 Å². The van der Waals surface area contributed by atoms with Crippen LogP contribution in [0.1, 0.15) is 18.6 Å². The number of esters is 1. The average Bonchev–Trinajstić information content (AvgIpc) is 2.25. The third kappa shape index (κ3) is 4.13. The van der Waals surface area contributed by atoms with Crippen LogP contribution in [-0.4, -0.2) is 11.7 Å². The Morgan fingerprint density at radius 1 is 1.56 bits per heavy atom. The molecule has 16 heavy (non-hydrogen) atoms. The summed E-state index contributed by atoms with van der Waals surface area (Å²) in [5, 5.41) is 11.1. The molecule has 1 aromatic rings. The van der Waals surface area contributed by atoms with Crippen LogP contribution >= 0.6 is 23.4 Å². The lowest BCUT2D eigenvalue weighted by atomic mass is 10.1. The molecule has 0 aliphatic rings. The van der Waals surface area contributed by atoms with E-state index in [4.69, 9.17) is 21.6 Å². The summed E-state index contributed by atoms with van der Waals surface area (Å²) in [6, 6.07) is 7.02. The quantitative estimate of drug-likeness (QED) is 0.613. The first-order chi connectivity index (χ1) is 7.63. The summed E-state index contributed by atoms with van der Waals surface area (Å²) in [4.78, 5) is 10.9. The highest BCUT2D eigenvalue weighted by molar-refractivity contribution is 8.03. The Hall–Kier alpha value is -1.18. The second kappa shape index (κ2) is 6.41. The molecule has 0 amide bonds. The summed E-state index contributed by atoms with van der Waals surface area (Å²) >= 11 is 6.81. The largest absolute Gasteiger partial charge is 0.457 e. The fourth-order valence-electron chi connectivity index (χ4n) is 1.19. The van der Waals surface area contributed by atoms with Gasteiger partial charge in [0.15, 0.2) is 0 Å². The zero-order valence-corrected chi connectivity index (χ0v) is 10.2. The van der Waals surface area contributed by atoms with Crippen LogP contribution in [0.3, 0.4) is 0 Å². The van der Waals surface area contributed by atoms with Crippen molar-refractivity contribution in [2.45, 2.75) is 13.0 Å². The lowest BCUT2D eigenvalue weighted by molar-refractivity contribution is -0.145. The molecule has 84 valence electrons. The molecule has 0 aliphatic heterocycles. The smallest absolute Gasteiger partial charge is 0.303 e. The van der Waals surface area contributed by atoms with Gasteiger partial charge in [0.2, 0.25) is 0 Å². The first kappa shape index (κ1) is 12.9. The summed E-state index contributed by atoms with van der Waals surface area (Å²) < 4.78 is 5.12. The minimum atomic E-state index is -0.403. The van der Waals surface area contributed by atoms with Gasteiger partial charge in [-0.25, -0.2) is 0 Å². The van der Waals surface area contributed by atoms with E-state index in [9.17, 15) is 4.79 Å². The molecule has 1 unspecified atom stereocenters. The molecule has 0 aromatic heterocycles. The summed E-state index contributed by atoms with van der Waals surface area (Å²) in [7, 11) is 0. The molecule has 0 radical (unpaired) electrons. The van der Waals surface area contributed by atoms with E-state index in [2.05, 4.69) is 0 Å². The van der Waals surface area contributed by atoms with Crippen LogP contribution in [0.15, 0.2) is 24.3 Å². The first-order valence-electron chi connectivity index (χ1n) is 4.57. The highest BCUT2D eigenvalue weighted by atomic mass is 35.5. The van der Waals surface area contributed by atoms with Crippen LogP contribution in [0.25, 0.3) is 0 Å². The van der Waals surface area contributed by atoms with Crippen molar-refractivity contribution in [3.63, 3.8) is 0 Å². The summed E-state index contributed by atoms with van der Waals surface area (Å²) in [6.45, 7) is 1.35. The number of carbonyl (C=O) groups excluding carboxylic acids is 1. The molecule has 0 fully saturated rings. The van der Waals surface area contributed by atoms with E-state index in [1.807, 2.05) is 5.40 Å². The lowest BCUT2D eigenvalue weighted by Gasteiger charge is -2.15. The fraction of sp³-hybridized carbons (Fsp3) is 0.273. The first-order valence-corrected chi connectivity index (χ1v) is 5.93. The highest BCUT2D eigenvalue weighted by Crippen LogP contribution is 2.23. The normalized spacial score (nSPS) is 11.6. The number of rotatable bonds is 4. The Morgan fingerprint density at radius 2 is 2.19 bits per heavy atom. The minimum Gasteiger partial charge on any atom is -0.457 e. The number of benzene rings is 1. The van der Waals surface area contributed by atoms with E-state index in [-0.39, 0.29) is 5.97 Å². The molecule has 0 N–H and O–H groups in total. The monoisotopic (exact) mass is 255 g/mol. The highest BCUT2D eigenvalue weighted by Gasteiger charge is 2.14. The molecule has 3 nitrogen and oxygen atoms in total. The second-order valence-electron chi connectivity index (χ2n) is 3.05. The minimum absolute atomic E-state index is 0.363. The van der Waals surface area contributed by atoms with Gasteiger partial charge in [0.05, 0.1) is 0 Å². The number of ether oxygens (including phenoxy) is 1. The van der Waals surface area contributed by atoms with Crippen molar-refractivity contribution in [1.82, 2.24) is 0 Å². The molecular formula is C11H10ClNO2S. The van der Waals surface area contributed by atoms with Gasteiger partial charge in [-0.15, -0.1) is 0 Å². The SMILES string of the molecule is CC(=O)OC(CSC#N)c1ccc(Cl)cc1. The number of carbonyl (C=O) groups is 1. The van der Waals surface area contributed by atoms with E-state index in [1.54, 1.807) is 24.3 Å².